The van der Waals surface area contributed by atoms with Crippen molar-refractivity contribution in [3.05, 3.63) is 0 Å². The predicted molar refractivity (Wildman–Crippen MR) is 39.2 cm³/mol. The van der Waals surface area contributed by atoms with Crippen LogP contribution in [0.2, 0.25) is 0 Å². The molecule has 0 rings (SSSR count). The summed E-state index contributed by atoms with van der Waals surface area (Å²) < 4.78 is 59.4. The van der Waals surface area contributed by atoms with Gasteiger partial charge in [-0.3, -0.25) is 4.55 Å². The number of carboxylic acid groups (broad SMARTS) is 1. The number of alkyl halides is 2. The number of hydrogen-bond acceptors (Lipinski definition) is 4. The van der Waals surface area contributed by atoms with E-state index in [1.54, 1.807) is 14.2 Å². The van der Waals surface area contributed by atoms with Crippen LogP contribution in [0.3, 0.4) is 0 Å². The van der Waals surface area contributed by atoms with Crippen molar-refractivity contribution in [1.82, 2.24) is 0 Å². The molecular weight excluding hydrogens is 233 g/mol. The SMILES string of the molecule is COC.O=C(O)C(F)F.O=S(=O)(O)F. The molecule has 0 unspecified atom stereocenters. The summed E-state index contributed by atoms with van der Waals surface area (Å²) in [6, 6.07) is 0. The van der Waals surface area contributed by atoms with E-state index in [0.29, 0.717) is 0 Å². The third-order valence-corrected chi connectivity index (χ3v) is 0.187. The van der Waals surface area contributed by atoms with E-state index in [1.165, 1.54) is 0 Å². The lowest BCUT2D eigenvalue weighted by Crippen LogP contribution is -2.06. The molecule has 0 bridgehead atoms. The molecule has 6 nitrogen and oxygen atoms in total. The molecule has 0 aromatic rings. The Bertz CT molecular complexity index is 217. The van der Waals surface area contributed by atoms with Gasteiger partial charge in [0.2, 0.25) is 0 Å². The van der Waals surface area contributed by atoms with Crippen molar-refractivity contribution in [3.63, 3.8) is 0 Å². The lowest BCUT2D eigenvalue weighted by Gasteiger charge is -1.81. The van der Waals surface area contributed by atoms with Crippen molar-refractivity contribution in [2.75, 3.05) is 14.2 Å². The topological polar surface area (TPSA) is 101 Å². The normalized spacial score (nSPS) is 9.36. The molecule has 0 aromatic heterocycles. The molecular formula is C4H9F3O6S. The van der Waals surface area contributed by atoms with Gasteiger partial charge in [0.1, 0.15) is 0 Å². The van der Waals surface area contributed by atoms with Crippen molar-refractivity contribution in [2.24, 2.45) is 0 Å². The summed E-state index contributed by atoms with van der Waals surface area (Å²) in [6.45, 7) is 0. The number of carboxylic acids is 1. The first kappa shape index (κ1) is 18.8. The Labute approximate surface area is 78.3 Å². The molecule has 0 atom stereocenters. The van der Waals surface area contributed by atoms with Gasteiger partial charge in [0, 0.05) is 14.2 Å². The molecule has 0 amide bonds. The molecule has 0 saturated heterocycles. The van der Waals surface area contributed by atoms with E-state index in [-0.39, 0.29) is 0 Å². The van der Waals surface area contributed by atoms with Crippen LogP contribution < -0.4 is 0 Å². The van der Waals surface area contributed by atoms with Gasteiger partial charge in [-0.15, -0.1) is 0 Å². The van der Waals surface area contributed by atoms with Gasteiger partial charge in [0.05, 0.1) is 0 Å². The zero-order chi connectivity index (χ0) is 12.4. The number of halogens is 3. The monoisotopic (exact) mass is 242 g/mol. The fraction of sp³-hybridized carbons (Fsp3) is 0.750. The minimum absolute atomic E-state index is 1.62. The minimum Gasteiger partial charge on any atom is -0.477 e. The summed E-state index contributed by atoms with van der Waals surface area (Å²) in [7, 11) is -1.92. The molecule has 0 aliphatic rings. The summed E-state index contributed by atoms with van der Waals surface area (Å²) >= 11 is 0. The van der Waals surface area contributed by atoms with E-state index >= 15 is 0 Å². The van der Waals surface area contributed by atoms with Gasteiger partial charge in [0.15, 0.2) is 0 Å². The van der Waals surface area contributed by atoms with Gasteiger partial charge in [-0.05, 0) is 0 Å². The Morgan fingerprint density at radius 2 is 1.43 bits per heavy atom. The van der Waals surface area contributed by atoms with E-state index in [1.807, 2.05) is 0 Å². The number of rotatable bonds is 1. The van der Waals surface area contributed by atoms with Gasteiger partial charge in [-0.25, -0.2) is 4.79 Å². The van der Waals surface area contributed by atoms with Crippen LogP contribution in [-0.2, 0) is 20.0 Å². The third kappa shape index (κ3) is 117. The predicted octanol–water partition coefficient (Wildman–Crippen LogP) is 0.357. The van der Waals surface area contributed by atoms with Gasteiger partial charge < -0.3 is 9.84 Å². The number of aliphatic carboxylic acids is 1. The average molecular weight is 242 g/mol. The average Bonchev–Trinajstić information content (AvgIpc) is 1.84. The maximum atomic E-state index is 10.6. The first-order valence-corrected chi connectivity index (χ1v) is 3.98. The summed E-state index contributed by atoms with van der Waals surface area (Å²) in [4.78, 5) is 8.95. The van der Waals surface area contributed by atoms with Gasteiger partial charge in [-0.1, -0.05) is 3.89 Å². The van der Waals surface area contributed by atoms with E-state index < -0.39 is 22.9 Å². The highest BCUT2D eigenvalue weighted by atomic mass is 32.3. The summed E-state index contributed by atoms with van der Waals surface area (Å²) in [6.07, 6.45) is -3.23. The summed E-state index contributed by atoms with van der Waals surface area (Å²) in [5.41, 5.74) is 0. The maximum Gasteiger partial charge on any atom is 0.435 e. The Hall–Kier alpha value is -0.870. The fourth-order valence-corrected chi connectivity index (χ4v) is 0. The highest BCUT2D eigenvalue weighted by Gasteiger charge is 2.10. The van der Waals surface area contributed by atoms with Crippen LogP contribution in [0.15, 0.2) is 0 Å². The first-order chi connectivity index (χ1) is 6.06. The summed E-state index contributed by atoms with van der Waals surface area (Å²) in [5.74, 6) is -2.07. The van der Waals surface area contributed by atoms with Crippen LogP contribution in [0.1, 0.15) is 0 Å². The van der Waals surface area contributed by atoms with E-state index in [9.17, 15) is 12.7 Å². The molecule has 0 fully saturated rings. The molecule has 0 aliphatic heterocycles. The number of methoxy groups -OCH3 is 1. The van der Waals surface area contributed by atoms with Crippen LogP contribution in [-0.4, -0.2) is 44.7 Å². The van der Waals surface area contributed by atoms with Crippen molar-refractivity contribution >= 4 is 16.5 Å². The second-order valence-corrected chi connectivity index (χ2v) is 2.28. The van der Waals surface area contributed by atoms with Crippen LogP contribution in [0.4, 0.5) is 12.7 Å². The van der Waals surface area contributed by atoms with Crippen molar-refractivity contribution in [2.45, 2.75) is 6.43 Å². The van der Waals surface area contributed by atoms with Crippen LogP contribution >= 0.6 is 0 Å². The van der Waals surface area contributed by atoms with E-state index in [4.69, 9.17) is 22.9 Å². The highest BCUT2D eigenvalue weighted by Crippen LogP contribution is 1.87. The lowest BCUT2D eigenvalue weighted by molar-refractivity contribution is -0.149. The molecule has 0 spiro atoms. The number of carbonyl (C=O) groups is 1. The van der Waals surface area contributed by atoms with Crippen molar-refractivity contribution in [1.29, 1.82) is 0 Å². The van der Waals surface area contributed by atoms with Crippen molar-refractivity contribution < 1.29 is 40.3 Å². The highest BCUT2D eigenvalue weighted by molar-refractivity contribution is 7.80. The second-order valence-electron chi connectivity index (χ2n) is 1.46. The van der Waals surface area contributed by atoms with Crippen LogP contribution in [0, 0.1) is 0 Å². The quantitative estimate of drug-likeness (QED) is 0.508. The van der Waals surface area contributed by atoms with E-state index in [2.05, 4.69) is 4.74 Å². The van der Waals surface area contributed by atoms with Gasteiger partial charge in [-0.2, -0.15) is 17.2 Å². The van der Waals surface area contributed by atoms with E-state index in [0.717, 1.165) is 0 Å². The molecule has 0 aliphatic carbocycles. The smallest absolute Gasteiger partial charge is 0.435 e. The molecule has 88 valence electrons. The molecule has 14 heavy (non-hydrogen) atoms. The summed E-state index contributed by atoms with van der Waals surface area (Å²) in [5, 5.41) is 7.24. The Kier molecular flexibility index (Phi) is 13.7. The number of hydrogen-bond donors (Lipinski definition) is 2. The Morgan fingerprint density at radius 3 is 1.43 bits per heavy atom. The zero-order valence-corrected chi connectivity index (χ0v) is 7.96. The molecule has 10 heteroatoms. The van der Waals surface area contributed by atoms with Crippen LogP contribution in [0.5, 0.6) is 0 Å². The zero-order valence-electron chi connectivity index (χ0n) is 7.15. The largest absolute Gasteiger partial charge is 0.477 e. The van der Waals surface area contributed by atoms with Crippen molar-refractivity contribution in [3.8, 4) is 0 Å². The fourth-order valence-electron chi connectivity index (χ4n) is 0. The molecule has 0 saturated carbocycles. The second kappa shape index (κ2) is 10.2. The minimum atomic E-state index is -5.17. The standard InChI is InChI=1S/C2H2F2O2.C2H6O.FHO3S/c3-1(4)2(5)6;1-3-2;1-5(2,3)4/h1H,(H,5,6);1-2H3;(H,2,3,4). The lowest BCUT2D eigenvalue weighted by atomic mass is 10.7. The Morgan fingerprint density at radius 1 is 1.36 bits per heavy atom. The first-order valence-electron chi connectivity index (χ1n) is 2.64. The molecule has 0 radical (unpaired) electrons. The van der Waals surface area contributed by atoms with Gasteiger partial charge in [0.25, 0.3) is 0 Å². The van der Waals surface area contributed by atoms with Gasteiger partial charge >= 0.3 is 22.9 Å². The molecule has 0 heterocycles. The van der Waals surface area contributed by atoms with Crippen LogP contribution in [0.25, 0.3) is 0 Å². The third-order valence-electron chi connectivity index (χ3n) is 0.187. The molecule has 0 aromatic carbocycles. The number of ether oxygens (including phenoxy) is 1. The molecule has 2 N–H and O–H groups in total. The Balaban J connectivity index is -0.000000138. The maximum absolute atomic E-state index is 10.6.